The number of hydrogen-bond acceptors (Lipinski definition) is 3. The Morgan fingerprint density at radius 1 is 1.45 bits per heavy atom. The van der Waals surface area contributed by atoms with Crippen molar-refractivity contribution in [2.75, 3.05) is 19.7 Å². The van der Waals surface area contributed by atoms with E-state index in [0.717, 1.165) is 0 Å². The third-order valence-corrected chi connectivity index (χ3v) is 3.65. The number of para-hydroxylation sites is 1. The summed E-state index contributed by atoms with van der Waals surface area (Å²) in [6, 6.07) is 6.12. The molecule has 0 aromatic heterocycles. The Morgan fingerprint density at radius 3 is 2.82 bits per heavy atom. The molecule has 0 radical (unpaired) electrons. The molecule has 1 aromatic rings. The Kier molecular flexibility index (Phi) is 5.35. The average Bonchev–Trinajstić information content (AvgIpc) is 2.85. The van der Waals surface area contributed by atoms with Crippen LogP contribution >= 0.6 is 0 Å². The molecular weight excluding hydrogens is 287 g/mol. The van der Waals surface area contributed by atoms with Crippen molar-refractivity contribution in [3.05, 3.63) is 30.1 Å². The topological polar surface area (TPSA) is 58.6 Å². The number of benzene rings is 1. The van der Waals surface area contributed by atoms with E-state index >= 15 is 0 Å². The summed E-state index contributed by atoms with van der Waals surface area (Å²) in [5.74, 6) is -0.521. The first-order valence-electron chi connectivity index (χ1n) is 7.41. The van der Waals surface area contributed by atoms with Crippen LogP contribution in [-0.2, 0) is 9.59 Å². The molecule has 120 valence electrons. The van der Waals surface area contributed by atoms with Crippen LogP contribution in [0.4, 0.5) is 4.39 Å². The van der Waals surface area contributed by atoms with E-state index in [0.29, 0.717) is 19.5 Å². The summed E-state index contributed by atoms with van der Waals surface area (Å²) >= 11 is 0. The molecule has 2 amide bonds. The van der Waals surface area contributed by atoms with Crippen molar-refractivity contribution in [1.82, 2.24) is 10.2 Å². The van der Waals surface area contributed by atoms with Gasteiger partial charge in [0, 0.05) is 31.5 Å². The summed E-state index contributed by atoms with van der Waals surface area (Å²) in [6.45, 7) is 4.79. The Bertz CT molecular complexity index is 548. The predicted octanol–water partition coefficient (Wildman–Crippen LogP) is 1.58. The number of halogens is 1. The molecule has 1 saturated heterocycles. The van der Waals surface area contributed by atoms with Gasteiger partial charge in [0.05, 0.1) is 0 Å². The van der Waals surface area contributed by atoms with E-state index in [1.165, 1.54) is 12.1 Å². The van der Waals surface area contributed by atoms with Gasteiger partial charge in [-0.25, -0.2) is 4.39 Å². The molecule has 1 atom stereocenters. The monoisotopic (exact) mass is 308 g/mol. The lowest BCUT2D eigenvalue weighted by atomic mass is 10.1. The standard InChI is InChI=1S/C16H21FN2O3/c1-11(2)19-9-12(7-16(19)21)8-18-15(20)10-22-14-6-4-3-5-13(14)17/h3-6,11-12H,7-10H2,1-2H3,(H,18,20). The Labute approximate surface area is 129 Å². The molecule has 0 spiro atoms. The van der Waals surface area contributed by atoms with Crippen LogP contribution in [0.25, 0.3) is 0 Å². The van der Waals surface area contributed by atoms with Gasteiger partial charge in [-0.2, -0.15) is 0 Å². The van der Waals surface area contributed by atoms with Crippen LogP contribution in [0.3, 0.4) is 0 Å². The van der Waals surface area contributed by atoms with E-state index in [9.17, 15) is 14.0 Å². The van der Waals surface area contributed by atoms with Crippen molar-refractivity contribution >= 4 is 11.8 Å². The largest absolute Gasteiger partial charge is 0.481 e. The first-order chi connectivity index (χ1) is 10.5. The van der Waals surface area contributed by atoms with E-state index in [4.69, 9.17) is 4.74 Å². The fraction of sp³-hybridized carbons (Fsp3) is 0.500. The molecule has 1 aliphatic rings. The fourth-order valence-electron chi connectivity index (χ4n) is 2.46. The molecular formula is C16H21FN2O3. The third-order valence-electron chi connectivity index (χ3n) is 3.65. The number of likely N-dealkylation sites (tertiary alicyclic amines) is 1. The van der Waals surface area contributed by atoms with Crippen LogP contribution < -0.4 is 10.1 Å². The summed E-state index contributed by atoms with van der Waals surface area (Å²) in [5, 5.41) is 2.73. The predicted molar refractivity (Wildman–Crippen MR) is 79.9 cm³/mol. The molecule has 0 aliphatic carbocycles. The van der Waals surface area contributed by atoms with Gasteiger partial charge >= 0.3 is 0 Å². The van der Waals surface area contributed by atoms with Crippen molar-refractivity contribution in [2.45, 2.75) is 26.3 Å². The molecule has 1 heterocycles. The summed E-state index contributed by atoms with van der Waals surface area (Å²) in [6.07, 6.45) is 0.451. The minimum absolute atomic E-state index is 0.0553. The van der Waals surface area contributed by atoms with Crippen LogP contribution in [0.5, 0.6) is 5.75 Å². The first kappa shape index (κ1) is 16.3. The van der Waals surface area contributed by atoms with E-state index in [1.54, 1.807) is 12.1 Å². The Morgan fingerprint density at radius 2 is 2.18 bits per heavy atom. The second kappa shape index (κ2) is 7.24. The number of rotatable bonds is 6. The molecule has 0 saturated carbocycles. The molecule has 6 heteroatoms. The van der Waals surface area contributed by atoms with E-state index in [-0.39, 0.29) is 36.1 Å². The van der Waals surface area contributed by atoms with Crippen LogP contribution in [-0.4, -0.2) is 42.5 Å². The number of carbonyl (C=O) groups excluding carboxylic acids is 2. The Balaban J connectivity index is 1.73. The van der Waals surface area contributed by atoms with Crippen molar-refractivity contribution in [1.29, 1.82) is 0 Å². The van der Waals surface area contributed by atoms with Crippen molar-refractivity contribution in [2.24, 2.45) is 5.92 Å². The Hall–Kier alpha value is -2.11. The van der Waals surface area contributed by atoms with Gasteiger partial charge in [-0.05, 0) is 26.0 Å². The van der Waals surface area contributed by atoms with Gasteiger partial charge in [0.15, 0.2) is 18.2 Å². The second-order valence-corrected chi connectivity index (χ2v) is 5.73. The van der Waals surface area contributed by atoms with Gasteiger partial charge < -0.3 is 15.0 Å². The number of nitrogens with zero attached hydrogens (tertiary/aromatic N) is 1. The summed E-state index contributed by atoms with van der Waals surface area (Å²) in [4.78, 5) is 25.3. The summed E-state index contributed by atoms with van der Waals surface area (Å²) in [7, 11) is 0. The molecule has 2 rings (SSSR count). The maximum atomic E-state index is 13.3. The van der Waals surface area contributed by atoms with Gasteiger partial charge in [-0.1, -0.05) is 12.1 Å². The molecule has 5 nitrogen and oxygen atoms in total. The number of carbonyl (C=O) groups is 2. The zero-order valence-corrected chi connectivity index (χ0v) is 12.8. The minimum Gasteiger partial charge on any atom is -0.481 e. The van der Waals surface area contributed by atoms with Crippen molar-refractivity contribution < 1.29 is 18.7 Å². The highest BCUT2D eigenvalue weighted by atomic mass is 19.1. The summed E-state index contributed by atoms with van der Waals surface area (Å²) < 4.78 is 18.5. The van der Waals surface area contributed by atoms with Gasteiger partial charge in [0.2, 0.25) is 5.91 Å². The molecule has 1 aliphatic heterocycles. The van der Waals surface area contributed by atoms with Crippen LogP contribution in [0.15, 0.2) is 24.3 Å². The normalized spacial score (nSPS) is 17.9. The van der Waals surface area contributed by atoms with E-state index < -0.39 is 5.82 Å². The van der Waals surface area contributed by atoms with Gasteiger partial charge in [0.25, 0.3) is 5.91 Å². The number of amides is 2. The van der Waals surface area contributed by atoms with Gasteiger partial charge in [0.1, 0.15) is 0 Å². The van der Waals surface area contributed by atoms with Crippen LogP contribution in [0.2, 0.25) is 0 Å². The third kappa shape index (κ3) is 4.19. The zero-order valence-electron chi connectivity index (χ0n) is 12.8. The van der Waals surface area contributed by atoms with Gasteiger partial charge in [-0.15, -0.1) is 0 Å². The van der Waals surface area contributed by atoms with Crippen LogP contribution in [0.1, 0.15) is 20.3 Å². The zero-order chi connectivity index (χ0) is 16.1. The van der Waals surface area contributed by atoms with Crippen molar-refractivity contribution in [3.8, 4) is 5.75 Å². The lowest BCUT2D eigenvalue weighted by Gasteiger charge is -2.21. The highest BCUT2D eigenvalue weighted by molar-refractivity contribution is 5.80. The molecule has 1 N–H and O–H groups in total. The molecule has 0 bridgehead atoms. The maximum absolute atomic E-state index is 13.3. The smallest absolute Gasteiger partial charge is 0.257 e. The quantitative estimate of drug-likeness (QED) is 0.868. The van der Waals surface area contributed by atoms with Gasteiger partial charge in [-0.3, -0.25) is 9.59 Å². The van der Waals surface area contributed by atoms with Crippen LogP contribution in [0, 0.1) is 11.7 Å². The van der Waals surface area contributed by atoms with E-state index in [2.05, 4.69) is 5.32 Å². The minimum atomic E-state index is -0.496. The maximum Gasteiger partial charge on any atom is 0.257 e. The number of hydrogen-bond donors (Lipinski definition) is 1. The summed E-state index contributed by atoms with van der Waals surface area (Å²) in [5.41, 5.74) is 0. The molecule has 1 unspecified atom stereocenters. The SMILES string of the molecule is CC(C)N1CC(CNC(=O)COc2ccccc2F)CC1=O. The van der Waals surface area contributed by atoms with E-state index in [1.807, 2.05) is 18.7 Å². The highest BCUT2D eigenvalue weighted by Gasteiger charge is 2.31. The number of ether oxygens (including phenoxy) is 1. The molecule has 1 aromatic carbocycles. The fourth-order valence-corrected chi connectivity index (χ4v) is 2.46. The molecule has 22 heavy (non-hydrogen) atoms. The second-order valence-electron chi connectivity index (χ2n) is 5.73. The number of nitrogens with one attached hydrogen (secondary N) is 1. The first-order valence-corrected chi connectivity index (χ1v) is 7.41. The molecule has 1 fully saturated rings. The van der Waals surface area contributed by atoms with Crippen molar-refractivity contribution in [3.63, 3.8) is 0 Å². The highest BCUT2D eigenvalue weighted by Crippen LogP contribution is 2.19. The lowest BCUT2D eigenvalue weighted by Crippen LogP contribution is -2.35. The average molecular weight is 308 g/mol. The lowest BCUT2D eigenvalue weighted by molar-refractivity contribution is -0.129.